The van der Waals surface area contributed by atoms with Crippen LogP contribution in [0.25, 0.3) is 17.0 Å². The molecule has 1 N–H and O–H groups in total. The first-order chi connectivity index (χ1) is 9.22. The summed E-state index contributed by atoms with van der Waals surface area (Å²) in [5, 5.41) is 3.08. The summed E-state index contributed by atoms with van der Waals surface area (Å²) in [7, 11) is 0. The molecule has 0 unspecified atom stereocenters. The molecule has 2 rings (SSSR count). The molecule has 96 valence electrons. The third-order valence-electron chi connectivity index (χ3n) is 2.54. The molecule has 0 atom stereocenters. The zero-order chi connectivity index (χ0) is 13.7. The molecule has 19 heavy (non-hydrogen) atoms. The third kappa shape index (κ3) is 2.98. The van der Waals surface area contributed by atoms with Gasteiger partial charge < -0.3 is 9.73 Å². The van der Waals surface area contributed by atoms with Crippen LogP contribution in [0.5, 0.6) is 0 Å². The Hall–Kier alpha value is -2.62. The first-order valence-corrected chi connectivity index (χ1v) is 5.79. The van der Waals surface area contributed by atoms with Crippen molar-refractivity contribution in [2.75, 3.05) is 6.54 Å². The molecule has 1 heterocycles. The molecule has 0 saturated carbocycles. The Morgan fingerprint density at radius 1 is 1.37 bits per heavy atom. The van der Waals surface area contributed by atoms with E-state index >= 15 is 0 Å². The van der Waals surface area contributed by atoms with Gasteiger partial charge in [-0.25, -0.2) is 0 Å². The van der Waals surface area contributed by atoms with Crippen LogP contribution >= 0.6 is 0 Å². The highest BCUT2D eigenvalue weighted by molar-refractivity contribution is 5.92. The maximum atomic E-state index is 12.1. The van der Waals surface area contributed by atoms with Crippen molar-refractivity contribution in [3.8, 4) is 0 Å². The van der Waals surface area contributed by atoms with Crippen molar-refractivity contribution >= 4 is 23.0 Å². The van der Waals surface area contributed by atoms with Crippen LogP contribution in [0, 0.1) is 0 Å². The molecule has 2 aromatic rings. The van der Waals surface area contributed by atoms with E-state index in [2.05, 4.69) is 11.9 Å². The summed E-state index contributed by atoms with van der Waals surface area (Å²) in [6, 6.07) is 6.98. The average molecular weight is 255 g/mol. The van der Waals surface area contributed by atoms with Crippen LogP contribution in [-0.2, 0) is 4.79 Å². The maximum absolute atomic E-state index is 12.1. The topological polar surface area (TPSA) is 59.3 Å². The Labute approximate surface area is 110 Å². The van der Waals surface area contributed by atoms with Gasteiger partial charge in [-0.1, -0.05) is 18.2 Å². The van der Waals surface area contributed by atoms with Gasteiger partial charge in [-0.3, -0.25) is 9.59 Å². The van der Waals surface area contributed by atoms with Gasteiger partial charge in [0.25, 0.3) is 0 Å². The van der Waals surface area contributed by atoms with Crippen molar-refractivity contribution < 1.29 is 9.21 Å². The summed E-state index contributed by atoms with van der Waals surface area (Å²) in [6.45, 7) is 3.88. The Balaban J connectivity index is 2.29. The van der Waals surface area contributed by atoms with Crippen molar-refractivity contribution in [2.24, 2.45) is 0 Å². The van der Waals surface area contributed by atoms with Crippen LogP contribution in [-0.4, -0.2) is 12.5 Å². The van der Waals surface area contributed by atoms with Crippen molar-refractivity contribution in [1.82, 2.24) is 5.32 Å². The standard InChI is InChI=1S/C15H13NO3/c1-2-9-16-14(17)8-7-11-10-19-13-6-4-3-5-12(13)15(11)18/h2-8,10H,1,9H2,(H,16,17)/b8-7+. The van der Waals surface area contributed by atoms with Crippen LogP contribution in [0.1, 0.15) is 5.56 Å². The van der Waals surface area contributed by atoms with Gasteiger partial charge in [0.1, 0.15) is 11.8 Å². The Bertz CT molecular complexity index is 698. The summed E-state index contributed by atoms with van der Waals surface area (Å²) in [5.41, 5.74) is 0.711. The van der Waals surface area contributed by atoms with E-state index in [1.54, 1.807) is 30.3 Å². The third-order valence-corrected chi connectivity index (χ3v) is 2.54. The van der Waals surface area contributed by atoms with Gasteiger partial charge in [0.2, 0.25) is 5.91 Å². The predicted octanol–water partition coefficient (Wildman–Crippen LogP) is 2.11. The number of benzene rings is 1. The first-order valence-electron chi connectivity index (χ1n) is 5.79. The van der Waals surface area contributed by atoms with E-state index in [4.69, 9.17) is 4.42 Å². The van der Waals surface area contributed by atoms with Gasteiger partial charge in [-0.2, -0.15) is 0 Å². The molecule has 0 fully saturated rings. The minimum atomic E-state index is -0.285. The van der Waals surface area contributed by atoms with Gasteiger partial charge in [-0.15, -0.1) is 6.58 Å². The van der Waals surface area contributed by atoms with Crippen molar-refractivity contribution in [3.05, 3.63) is 65.0 Å². The van der Waals surface area contributed by atoms with Crippen LogP contribution in [0.15, 0.2) is 58.5 Å². The van der Waals surface area contributed by atoms with Crippen LogP contribution in [0.2, 0.25) is 0 Å². The molecule has 4 nitrogen and oxygen atoms in total. The average Bonchev–Trinajstić information content (AvgIpc) is 2.44. The Morgan fingerprint density at radius 3 is 2.95 bits per heavy atom. The van der Waals surface area contributed by atoms with E-state index in [1.807, 2.05) is 0 Å². The van der Waals surface area contributed by atoms with Crippen LogP contribution < -0.4 is 10.7 Å². The molecule has 0 spiro atoms. The second kappa shape index (κ2) is 5.82. The lowest BCUT2D eigenvalue weighted by Crippen LogP contribution is -2.20. The number of para-hydroxylation sites is 1. The van der Waals surface area contributed by atoms with Gasteiger partial charge in [0.05, 0.1) is 10.9 Å². The SMILES string of the molecule is C=CCNC(=O)/C=C/c1coc2ccccc2c1=O. The summed E-state index contributed by atoms with van der Waals surface area (Å²) < 4.78 is 5.34. The van der Waals surface area contributed by atoms with Crippen LogP contribution in [0.4, 0.5) is 0 Å². The number of carbonyl (C=O) groups is 1. The second-order valence-corrected chi connectivity index (χ2v) is 3.88. The van der Waals surface area contributed by atoms with Crippen molar-refractivity contribution in [1.29, 1.82) is 0 Å². The number of hydrogen-bond donors (Lipinski definition) is 1. The minimum Gasteiger partial charge on any atom is -0.463 e. The number of nitrogens with one attached hydrogen (secondary N) is 1. The maximum Gasteiger partial charge on any atom is 0.244 e. The fourth-order valence-electron chi connectivity index (χ4n) is 1.61. The Morgan fingerprint density at radius 2 is 2.16 bits per heavy atom. The predicted molar refractivity (Wildman–Crippen MR) is 74.7 cm³/mol. The van der Waals surface area contributed by atoms with E-state index in [9.17, 15) is 9.59 Å². The van der Waals surface area contributed by atoms with Gasteiger partial charge in [-0.05, 0) is 18.2 Å². The van der Waals surface area contributed by atoms with Crippen molar-refractivity contribution in [3.63, 3.8) is 0 Å². The second-order valence-electron chi connectivity index (χ2n) is 3.88. The van der Waals surface area contributed by atoms with E-state index in [1.165, 1.54) is 18.4 Å². The van der Waals surface area contributed by atoms with E-state index in [-0.39, 0.29) is 11.3 Å². The molecular weight excluding hydrogens is 242 g/mol. The quantitative estimate of drug-likeness (QED) is 0.672. The molecule has 0 saturated heterocycles. The normalized spacial score (nSPS) is 10.7. The largest absolute Gasteiger partial charge is 0.463 e. The zero-order valence-electron chi connectivity index (χ0n) is 10.3. The Kier molecular flexibility index (Phi) is 3.93. The highest BCUT2D eigenvalue weighted by Gasteiger charge is 2.03. The van der Waals surface area contributed by atoms with Gasteiger partial charge in [0, 0.05) is 12.6 Å². The fraction of sp³-hybridized carbons (Fsp3) is 0.0667. The molecule has 0 aliphatic rings. The summed E-state index contributed by atoms with van der Waals surface area (Å²) in [4.78, 5) is 23.5. The number of carbonyl (C=O) groups excluding carboxylic acids is 1. The lowest BCUT2D eigenvalue weighted by molar-refractivity contribution is -0.116. The van der Waals surface area contributed by atoms with Gasteiger partial charge >= 0.3 is 0 Å². The van der Waals surface area contributed by atoms with Gasteiger partial charge in [0.15, 0.2) is 5.43 Å². The molecule has 0 radical (unpaired) electrons. The smallest absolute Gasteiger partial charge is 0.244 e. The summed E-state index contributed by atoms with van der Waals surface area (Å²) >= 11 is 0. The molecule has 1 aromatic carbocycles. The summed E-state index contributed by atoms with van der Waals surface area (Å²) in [6.07, 6.45) is 5.67. The highest BCUT2D eigenvalue weighted by Crippen LogP contribution is 2.10. The minimum absolute atomic E-state index is 0.158. The lowest BCUT2D eigenvalue weighted by Gasteiger charge is -1.98. The van der Waals surface area contributed by atoms with E-state index in [0.29, 0.717) is 23.1 Å². The fourth-order valence-corrected chi connectivity index (χ4v) is 1.61. The van der Waals surface area contributed by atoms with E-state index in [0.717, 1.165) is 0 Å². The molecule has 0 aliphatic heterocycles. The van der Waals surface area contributed by atoms with Crippen LogP contribution in [0.3, 0.4) is 0 Å². The number of fused-ring (bicyclic) bond motifs is 1. The monoisotopic (exact) mass is 255 g/mol. The number of amides is 1. The number of hydrogen-bond acceptors (Lipinski definition) is 3. The van der Waals surface area contributed by atoms with E-state index < -0.39 is 0 Å². The summed E-state index contributed by atoms with van der Waals surface area (Å²) in [5.74, 6) is -0.285. The zero-order valence-corrected chi connectivity index (χ0v) is 10.3. The molecule has 1 aromatic heterocycles. The highest BCUT2D eigenvalue weighted by atomic mass is 16.3. The molecule has 4 heteroatoms. The number of rotatable bonds is 4. The van der Waals surface area contributed by atoms with Crippen molar-refractivity contribution in [2.45, 2.75) is 0 Å². The lowest BCUT2D eigenvalue weighted by atomic mass is 10.1. The molecule has 0 aliphatic carbocycles. The first kappa shape index (κ1) is 12.8. The molecule has 1 amide bonds. The molecular formula is C15H13NO3. The molecule has 0 bridgehead atoms.